The third-order valence-electron chi connectivity index (χ3n) is 4.16. The van der Waals surface area contributed by atoms with Gasteiger partial charge in [-0.15, -0.1) is 0 Å². The van der Waals surface area contributed by atoms with Gasteiger partial charge in [-0.3, -0.25) is 9.69 Å². The van der Waals surface area contributed by atoms with Crippen molar-refractivity contribution in [2.24, 2.45) is 0 Å². The van der Waals surface area contributed by atoms with Crippen molar-refractivity contribution in [1.29, 1.82) is 0 Å². The fourth-order valence-electron chi connectivity index (χ4n) is 2.89. The number of benzene rings is 1. The van der Waals surface area contributed by atoms with Crippen LogP contribution in [-0.2, 0) is 0 Å². The Morgan fingerprint density at radius 3 is 2.59 bits per heavy atom. The Balaban J connectivity index is 2.21. The van der Waals surface area contributed by atoms with Crippen LogP contribution in [0.15, 0.2) is 12.1 Å². The van der Waals surface area contributed by atoms with Crippen molar-refractivity contribution >= 4 is 5.78 Å². The number of rotatable bonds is 6. The maximum Gasteiger partial charge on any atom is 0.177 e. The predicted octanol–water partition coefficient (Wildman–Crippen LogP) is 2.61. The summed E-state index contributed by atoms with van der Waals surface area (Å²) in [5.74, 6) is 1.46. The van der Waals surface area contributed by atoms with Crippen LogP contribution in [0.25, 0.3) is 0 Å². The molecule has 1 heterocycles. The summed E-state index contributed by atoms with van der Waals surface area (Å²) in [6, 6.07) is 4.05. The summed E-state index contributed by atoms with van der Waals surface area (Å²) in [5.41, 5.74) is 2.97. The Morgan fingerprint density at radius 2 is 2.00 bits per heavy atom. The molecule has 4 heteroatoms. The van der Waals surface area contributed by atoms with E-state index in [-0.39, 0.29) is 5.78 Å². The number of carbonyl (C=O) groups is 1. The third kappa shape index (κ3) is 4.08. The number of Topliss-reactive ketones (excluding diaryl/α,β-unsaturated/α-hetero) is 1. The van der Waals surface area contributed by atoms with Crippen LogP contribution in [0.2, 0.25) is 0 Å². The van der Waals surface area contributed by atoms with Crippen LogP contribution < -0.4 is 10.1 Å². The Bertz CT molecular complexity index is 520. The van der Waals surface area contributed by atoms with Crippen LogP contribution in [0.3, 0.4) is 0 Å². The summed E-state index contributed by atoms with van der Waals surface area (Å²) in [5, 5.41) is 3.32. The van der Waals surface area contributed by atoms with E-state index in [1.54, 1.807) is 0 Å². The maximum absolute atomic E-state index is 12.7. The van der Waals surface area contributed by atoms with E-state index in [4.69, 9.17) is 4.74 Å². The predicted molar refractivity (Wildman–Crippen MR) is 90.1 cm³/mol. The summed E-state index contributed by atoms with van der Waals surface area (Å²) in [6.45, 7) is 13.2. The highest BCUT2D eigenvalue weighted by atomic mass is 16.5. The molecule has 1 aromatic carbocycles. The first-order valence-corrected chi connectivity index (χ1v) is 8.26. The molecule has 0 amide bonds. The van der Waals surface area contributed by atoms with E-state index in [0.29, 0.717) is 19.1 Å². The second-order valence-electron chi connectivity index (χ2n) is 6.24. The van der Waals surface area contributed by atoms with Crippen LogP contribution in [0.4, 0.5) is 0 Å². The molecule has 1 N–H and O–H groups in total. The largest absolute Gasteiger partial charge is 0.494 e. The highest BCUT2D eigenvalue weighted by Gasteiger charge is 2.19. The molecule has 1 aliphatic rings. The number of hydrogen-bond donors (Lipinski definition) is 1. The van der Waals surface area contributed by atoms with Gasteiger partial charge in [-0.05, 0) is 43.0 Å². The Morgan fingerprint density at radius 1 is 1.32 bits per heavy atom. The van der Waals surface area contributed by atoms with E-state index in [2.05, 4.69) is 24.1 Å². The molecule has 1 aromatic rings. The zero-order valence-corrected chi connectivity index (χ0v) is 14.2. The minimum atomic E-state index is 0.212. The number of ether oxygens (including phenoxy) is 1. The van der Waals surface area contributed by atoms with E-state index in [1.165, 1.54) is 0 Å². The van der Waals surface area contributed by atoms with Crippen LogP contribution in [-0.4, -0.2) is 50.0 Å². The lowest BCUT2D eigenvalue weighted by atomic mass is 9.94. The van der Waals surface area contributed by atoms with Crippen molar-refractivity contribution in [2.45, 2.75) is 33.6 Å². The van der Waals surface area contributed by atoms with Crippen LogP contribution in [0.1, 0.15) is 48.2 Å². The van der Waals surface area contributed by atoms with Crippen molar-refractivity contribution in [3.05, 3.63) is 28.8 Å². The molecule has 2 rings (SSSR count). The minimum Gasteiger partial charge on any atom is -0.494 e. The monoisotopic (exact) mass is 304 g/mol. The molecule has 0 atom stereocenters. The Labute approximate surface area is 133 Å². The number of aryl methyl sites for hydroxylation is 1. The van der Waals surface area contributed by atoms with Crippen LogP contribution in [0, 0.1) is 6.92 Å². The average Bonchev–Trinajstić information content (AvgIpc) is 2.48. The van der Waals surface area contributed by atoms with Gasteiger partial charge in [-0.1, -0.05) is 13.8 Å². The Kier molecular flexibility index (Phi) is 5.98. The molecule has 0 aliphatic carbocycles. The summed E-state index contributed by atoms with van der Waals surface area (Å²) in [4.78, 5) is 14.9. The molecule has 0 aromatic heterocycles. The first-order valence-electron chi connectivity index (χ1n) is 8.26. The topological polar surface area (TPSA) is 41.6 Å². The quantitative estimate of drug-likeness (QED) is 0.820. The normalized spacial score (nSPS) is 16.0. The van der Waals surface area contributed by atoms with E-state index in [0.717, 1.165) is 48.6 Å². The fraction of sp³-hybridized carbons (Fsp3) is 0.611. The van der Waals surface area contributed by atoms with Crippen molar-refractivity contribution in [2.75, 3.05) is 39.3 Å². The maximum atomic E-state index is 12.7. The molecule has 1 aliphatic heterocycles. The van der Waals surface area contributed by atoms with Gasteiger partial charge in [0.2, 0.25) is 0 Å². The minimum absolute atomic E-state index is 0.212. The zero-order valence-electron chi connectivity index (χ0n) is 14.2. The average molecular weight is 304 g/mol. The van der Waals surface area contributed by atoms with Crippen LogP contribution in [0.5, 0.6) is 5.75 Å². The summed E-state index contributed by atoms with van der Waals surface area (Å²) in [7, 11) is 0. The molecular formula is C18H28N2O2. The molecule has 0 radical (unpaired) electrons. The lowest BCUT2D eigenvalue weighted by Crippen LogP contribution is -2.45. The smallest absolute Gasteiger partial charge is 0.177 e. The number of nitrogens with zero attached hydrogens (tertiary/aromatic N) is 1. The zero-order chi connectivity index (χ0) is 16.1. The van der Waals surface area contributed by atoms with Crippen molar-refractivity contribution in [3.8, 4) is 5.75 Å². The lowest BCUT2D eigenvalue weighted by molar-refractivity contribution is 0.0920. The molecule has 0 saturated carbocycles. The summed E-state index contributed by atoms with van der Waals surface area (Å²) < 4.78 is 5.73. The summed E-state index contributed by atoms with van der Waals surface area (Å²) >= 11 is 0. The molecule has 1 saturated heterocycles. The number of piperazine rings is 1. The third-order valence-corrected chi connectivity index (χ3v) is 4.16. The lowest BCUT2D eigenvalue weighted by Gasteiger charge is -2.26. The highest BCUT2D eigenvalue weighted by Crippen LogP contribution is 2.30. The van der Waals surface area contributed by atoms with Gasteiger partial charge in [0.15, 0.2) is 5.78 Å². The van der Waals surface area contributed by atoms with E-state index >= 15 is 0 Å². The van der Waals surface area contributed by atoms with Crippen LogP contribution >= 0.6 is 0 Å². The molecule has 0 spiro atoms. The van der Waals surface area contributed by atoms with Gasteiger partial charge in [0.05, 0.1) is 13.2 Å². The molecular weight excluding hydrogens is 276 g/mol. The van der Waals surface area contributed by atoms with Crippen molar-refractivity contribution < 1.29 is 9.53 Å². The van der Waals surface area contributed by atoms with Gasteiger partial charge in [0.25, 0.3) is 0 Å². The molecule has 0 unspecified atom stereocenters. The molecule has 0 bridgehead atoms. The number of nitrogens with one attached hydrogen (secondary N) is 1. The second kappa shape index (κ2) is 7.75. The van der Waals surface area contributed by atoms with E-state index in [9.17, 15) is 4.79 Å². The SMILES string of the molecule is CCOc1cc(C)c(C(=O)CN2CCNCC2)cc1C(C)C. The molecule has 22 heavy (non-hydrogen) atoms. The second-order valence-corrected chi connectivity index (χ2v) is 6.24. The fourth-order valence-corrected chi connectivity index (χ4v) is 2.89. The van der Waals surface area contributed by atoms with Gasteiger partial charge in [0.1, 0.15) is 5.75 Å². The van der Waals surface area contributed by atoms with E-state index in [1.807, 2.05) is 26.0 Å². The number of hydrogen-bond acceptors (Lipinski definition) is 4. The van der Waals surface area contributed by atoms with Crippen molar-refractivity contribution in [3.63, 3.8) is 0 Å². The molecule has 1 fully saturated rings. The molecule has 122 valence electrons. The number of carbonyl (C=O) groups excluding carboxylic acids is 1. The van der Waals surface area contributed by atoms with Gasteiger partial charge >= 0.3 is 0 Å². The van der Waals surface area contributed by atoms with Gasteiger partial charge in [0, 0.05) is 31.7 Å². The first-order chi connectivity index (χ1) is 10.5. The van der Waals surface area contributed by atoms with Crippen molar-refractivity contribution in [1.82, 2.24) is 10.2 Å². The first kappa shape index (κ1) is 17.0. The van der Waals surface area contributed by atoms with Gasteiger partial charge in [-0.2, -0.15) is 0 Å². The van der Waals surface area contributed by atoms with Gasteiger partial charge < -0.3 is 10.1 Å². The standard InChI is InChI=1S/C18H28N2O2/c1-5-22-18-10-14(4)16(11-15(18)13(2)3)17(21)12-20-8-6-19-7-9-20/h10-11,13,19H,5-9,12H2,1-4H3. The van der Waals surface area contributed by atoms with Gasteiger partial charge in [-0.25, -0.2) is 0 Å². The number of ketones is 1. The molecule has 4 nitrogen and oxygen atoms in total. The highest BCUT2D eigenvalue weighted by molar-refractivity contribution is 5.99. The Hall–Kier alpha value is -1.39. The summed E-state index contributed by atoms with van der Waals surface area (Å²) in [6.07, 6.45) is 0. The van der Waals surface area contributed by atoms with E-state index < -0.39 is 0 Å².